The molecule has 0 spiro atoms. The Kier molecular flexibility index (Phi) is 6.11. The minimum Gasteiger partial charge on any atom is -0.487 e. The fraction of sp³-hybridized carbons (Fsp3) is 0.409. The van der Waals surface area contributed by atoms with Crippen molar-refractivity contribution in [2.45, 2.75) is 39.0 Å². The van der Waals surface area contributed by atoms with Gasteiger partial charge in [0.05, 0.1) is 12.6 Å². The quantitative estimate of drug-likeness (QED) is 0.632. The number of nitrogens with one attached hydrogen (secondary N) is 2. The third kappa shape index (κ3) is 4.99. The molecule has 0 radical (unpaired) electrons. The Balaban J connectivity index is 1.32. The molecule has 0 saturated carbocycles. The molecule has 2 N–H and O–H groups in total. The van der Waals surface area contributed by atoms with Crippen LogP contribution >= 0.6 is 0 Å². The SMILES string of the molecule is CC(=O)N1CCCC(N(C)C(=O)NCc2cc3ccc(OCc4ccon4)cc3[nH]2)C1. The Morgan fingerprint density at radius 3 is 3.00 bits per heavy atom. The molecule has 9 heteroatoms. The standard InChI is InChI=1S/C22H27N5O4/c1-15(28)27-8-3-4-19(13-27)26(2)22(29)23-12-18-10-16-5-6-20(11-21(16)24-18)30-14-17-7-9-31-25-17/h5-7,9-11,19,24H,3-4,8,12-14H2,1-2H3,(H,23,29). The molecule has 1 aliphatic rings. The van der Waals surface area contributed by atoms with Crippen LogP contribution in [0.3, 0.4) is 0 Å². The summed E-state index contributed by atoms with van der Waals surface area (Å²) in [6.07, 6.45) is 3.32. The molecule has 1 saturated heterocycles. The lowest BCUT2D eigenvalue weighted by Gasteiger charge is -2.37. The number of likely N-dealkylation sites (tertiary alicyclic amines) is 1. The van der Waals surface area contributed by atoms with E-state index in [1.54, 1.807) is 29.8 Å². The Bertz CT molecular complexity index is 1050. The zero-order valence-electron chi connectivity index (χ0n) is 17.8. The molecule has 3 heterocycles. The first-order valence-electron chi connectivity index (χ1n) is 10.4. The molecule has 3 amide bonds. The molecule has 164 valence electrons. The summed E-state index contributed by atoms with van der Waals surface area (Å²) in [6, 6.07) is 9.45. The number of hydrogen-bond donors (Lipinski definition) is 2. The van der Waals surface area contributed by atoms with Gasteiger partial charge in [-0.2, -0.15) is 0 Å². The minimum absolute atomic E-state index is 0.0322. The first-order chi connectivity index (χ1) is 15.0. The summed E-state index contributed by atoms with van der Waals surface area (Å²) in [5, 5.41) is 7.83. The number of urea groups is 1. The lowest BCUT2D eigenvalue weighted by molar-refractivity contribution is -0.130. The molecular weight excluding hydrogens is 398 g/mol. The molecule has 4 rings (SSSR count). The van der Waals surface area contributed by atoms with Gasteiger partial charge in [-0.3, -0.25) is 4.79 Å². The van der Waals surface area contributed by atoms with Crippen molar-refractivity contribution in [2.75, 3.05) is 20.1 Å². The van der Waals surface area contributed by atoms with Crippen molar-refractivity contribution >= 4 is 22.8 Å². The Morgan fingerprint density at radius 2 is 2.23 bits per heavy atom. The fourth-order valence-corrected chi connectivity index (χ4v) is 3.84. The largest absolute Gasteiger partial charge is 0.487 e. The second kappa shape index (κ2) is 9.11. The maximum atomic E-state index is 12.6. The number of piperidine rings is 1. The maximum Gasteiger partial charge on any atom is 0.317 e. The van der Waals surface area contributed by atoms with Crippen LogP contribution in [0.5, 0.6) is 5.75 Å². The molecule has 0 bridgehead atoms. The molecule has 1 aliphatic heterocycles. The number of hydrogen-bond acceptors (Lipinski definition) is 5. The van der Waals surface area contributed by atoms with Crippen LogP contribution in [0.2, 0.25) is 0 Å². The van der Waals surface area contributed by atoms with Crippen LogP contribution < -0.4 is 10.1 Å². The number of carbonyl (C=O) groups excluding carboxylic acids is 2. The Morgan fingerprint density at radius 1 is 1.35 bits per heavy atom. The highest BCUT2D eigenvalue weighted by molar-refractivity contribution is 5.82. The van der Waals surface area contributed by atoms with Gasteiger partial charge in [0, 0.05) is 50.4 Å². The van der Waals surface area contributed by atoms with E-state index in [1.165, 1.54) is 6.26 Å². The molecule has 1 fully saturated rings. The highest BCUT2D eigenvalue weighted by Gasteiger charge is 2.27. The van der Waals surface area contributed by atoms with E-state index in [4.69, 9.17) is 9.26 Å². The first kappa shape index (κ1) is 20.8. The van der Waals surface area contributed by atoms with Crippen LogP contribution in [0.4, 0.5) is 4.79 Å². The summed E-state index contributed by atoms with van der Waals surface area (Å²) in [7, 11) is 1.79. The Hall–Kier alpha value is -3.49. The van der Waals surface area contributed by atoms with Crippen molar-refractivity contribution in [3.8, 4) is 5.75 Å². The zero-order valence-corrected chi connectivity index (χ0v) is 17.8. The number of rotatable bonds is 6. The van der Waals surface area contributed by atoms with Gasteiger partial charge < -0.3 is 29.4 Å². The van der Waals surface area contributed by atoms with Crippen molar-refractivity contribution in [3.63, 3.8) is 0 Å². The van der Waals surface area contributed by atoms with Crippen LogP contribution in [0.15, 0.2) is 41.1 Å². The smallest absolute Gasteiger partial charge is 0.317 e. The van der Waals surface area contributed by atoms with Gasteiger partial charge in [0.1, 0.15) is 24.3 Å². The van der Waals surface area contributed by atoms with Crippen molar-refractivity contribution in [1.82, 2.24) is 25.3 Å². The number of aromatic amines is 1. The molecule has 9 nitrogen and oxygen atoms in total. The lowest BCUT2D eigenvalue weighted by Crippen LogP contribution is -2.52. The second-order valence-corrected chi connectivity index (χ2v) is 7.85. The lowest BCUT2D eigenvalue weighted by atomic mass is 10.0. The van der Waals surface area contributed by atoms with Crippen LogP contribution in [0, 0.1) is 0 Å². The van der Waals surface area contributed by atoms with Gasteiger partial charge in [-0.1, -0.05) is 5.16 Å². The normalized spacial score (nSPS) is 16.3. The number of nitrogens with zero attached hydrogens (tertiary/aromatic N) is 3. The summed E-state index contributed by atoms with van der Waals surface area (Å²) in [6.45, 7) is 3.64. The summed E-state index contributed by atoms with van der Waals surface area (Å²) in [4.78, 5) is 31.1. The molecule has 3 aromatic rings. The van der Waals surface area contributed by atoms with Crippen molar-refractivity contribution in [2.24, 2.45) is 0 Å². The highest BCUT2D eigenvalue weighted by Crippen LogP contribution is 2.22. The monoisotopic (exact) mass is 425 g/mol. The summed E-state index contributed by atoms with van der Waals surface area (Å²) < 4.78 is 10.5. The first-order valence-corrected chi connectivity index (χ1v) is 10.4. The average molecular weight is 425 g/mol. The summed E-state index contributed by atoms with van der Waals surface area (Å²) in [5.41, 5.74) is 2.56. The number of amides is 3. The molecule has 31 heavy (non-hydrogen) atoms. The molecule has 0 aliphatic carbocycles. The minimum atomic E-state index is -0.148. The topological polar surface area (TPSA) is 104 Å². The second-order valence-electron chi connectivity index (χ2n) is 7.85. The Labute approximate surface area is 180 Å². The van der Waals surface area contributed by atoms with Crippen LogP contribution in [-0.2, 0) is 17.9 Å². The van der Waals surface area contributed by atoms with E-state index in [0.717, 1.165) is 47.4 Å². The van der Waals surface area contributed by atoms with Crippen LogP contribution in [-0.4, -0.2) is 58.1 Å². The summed E-state index contributed by atoms with van der Waals surface area (Å²) in [5.74, 6) is 0.779. The maximum absolute atomic E-state index is 12.6. The highest BCUT2D eigenvalue weighted by atomic mass is 16.5. The van der Waals surface area contributed by atoms with Gasteiger partial charge in [-0.25, -0.2) is 4.79 Å². The third-order valence-corrected chi connectivity index (χ3v) is 5.67. The number of likely N-dealkylation sites (N-methyl/N-ethyl adjacent to an activating group) is 1. The van der Waals surface area contributed by atoms with Gasteiger partial charge in [0.25, 0.3) is 0 Å². The summed E-state index contributed by atoms with van der Waals surface area (Å²) >= 11 is 0. The number of aromatic nitrogens is 2. The molecular formula is C22H27N5O4. The van der Waals surface area contributed by atoms with E-state index in [9.17, 15) is 9.59 Å². The number of benzene rings is 1. The third-order valence-electron chi connectivity index (χ3n) is 5.67. The molecule has 2 aromatic heterocycles. The van der Waals surface area contributed by atoms with Crippen molar-refractivity contribution in [3.05, 3.63) is 48.0 Å². The number of ether oxygens (including phenoxy) is 1. The van der Waals surface area contributed by atoms with E-state index in [0.29, 0.717) is 19.7 Å². The van der Waals surface area contributed by atoms with Crippen molar-refractivity contribution in [1.29, 1.82) is 0 Å². The fourth-order valence-electron chi connectivity index (χ4n) is 3.84. The van der Waals surface area contributed by atoms with E-state index in [2.05, 4.69) is 15.5 Å². The van der Waals surface area contributed by atoms with Crippen molar-refractivity contribution < 1.29 is 18.8 Å². The van der Waals surface area contributed by atoms with Gasteiger partial charge >= 0.3 is 6.03 Å². The average Bonchev–Trinajstić information content (AvgIpc) is 3.44. The number of H-pyrrole nitrogens is 1. The van der Waals surface area contributed by atoms with Gasteiger partial charge in [0.2, 0.25) is 5.91 Å². The van der Waals surface area contributed by atoms with Gasteiger partial charge in [-0.15, -0.1) is 0 Å². The van der Waals surface area contributed by atoms with E-state index in [-0.39, 0.29) is 18.0 Å². The molecule has 1 atom stereocenters. The van der Waals surface area contributed by atoms with E-state index < -0.39 is 0 Å². The van der Waals surface area contributed by atoms with Crippen LogP contribution in [0.1, 0.15) is 31.2 Å². The predicted octanol–water partition coefficient (Wildman–Crippen LogP) is 2.89. The van der Waals surface area contributed by atoms with Gasteiger partial charge in [-0.05, 0) is 36.4 Å². The van der Waals surface area contributed by atoms with E-state index >= 15 is 0 Å². The number of fused-ring (bicyclic) bond motifs is 1. The van der Waals surface area contributed by atoms with E-state index in [1.807, 2.05) is 24.3 Å². The zero-order chi connectivity index (χ0) is 21.8. The molecule has 1 aromatic carbocycles. The predicted molar refractivity (Wildman–Crippen MR) is 114 cm³/mol. The van der Waals surface area contributed by atoms with Gasteiger partial charge in [0.15, 0.2) is 0 Å². The number of carbonyl (C=O) groups is 2. The molecule has 1 unspecified atom stereocenters. The van der Waals surface area contributed by atoms with Crippen LogP contribution in [0.25, 0.3) is 10.9 Å².